The van der Waals surface area contributed by atoms with Gasteiger partial charge in [-0.25, -0.2) is 0 Å². The highest BCUT2D eigenvalue weighted by atomic mass is 16.5. The summed E-state index contributed by atoms with van der Waals surface area (Å²) in [7, 11) is 0. The van der Waals surface area contributed by atoms with Crippen molar-refractivity contribution in [3.63, 3.8) is 0 Å². The fourth-order valence-corrected chi connectivity index (χ4v) is 3.61. The number of benzene rings is 2. The van der Waals surface area contributed by atoms with Crippen molar-refractivity contribution in [1.82, 2.24) is 4.90 Å². The topological polar surface area (TPSA) is 36.3 Å². The molecule has 2 aromatic rings. The van der Waals surface area contributed by atoms with E-state index in [4.69, 9.17) is 4.74 Å². The van der Waals surface area contributed by atoms with Crippen LogP contribution >= 0.6 is 0 Å². The van der Waals surface area contributed by atoms with Crippen molar-refractivity contribution in [3.8, 4) is 6.07 Å². The smallest absolute Gasteiger partial charge is 0.109 e. The summed E-state index contributed by atoms with van der Waals surface area (Å²) in [6.45, 7) is 5.66. The fourth-order valence-electron chi connectivity index (χ4n) is 3.61. The number of morpholine rings is 1. The number of hydrogen-bond donors (Lipinski definition) is 0. The highest BCUT2D eigenvalue weighted by Crippen LogP contribution is 2.37. The molecule has 1 aliphatic heterocycles. The first kappa shape index (κ1) is 16.7. The van der Waals surface area contributed by atoms with Crippen LogP contribution in [0.2, 0.25) is 0 Å². The highest BCUT2D eigenvalue weighted by molar-refractivity contribution is 5.46. The van der Waals surface area contributed by atoms with Crippen molar-refractivity contribution < 1.29 is 4.74 Å². The van der Waals surface area contributed by atoms with E-state index < -0.39 is 5.41 Å². The summed E-state index contributed by atoms with van der Waals surface area (Å²) < 4.78 is 5.47. The number of ether oxygens (including phenoxy) is 1. The number of hydrogen-bond acceptors (Lipinski definition) is 3. The minimum Gasteiger partial charge on any atom is -0.379 e. The molecule has 1 heterocycles. The molecule has 0 aliphatic carbocycles. The van der Waals surface area contributed by atoms with Crippen LogP contribution in [0.5, 0.6) is 0 Å². The van der Waals surface area contributed by atoms with Gasteiger partial charge in [0, 0.05) is 19.1 Å². The fraction of sp³-hybridized carbons (Fsp3) is 0.381. The van der Waals surface area contributed by atoms with E-state index in [-0.39, 0.29) is 0 Å². The molecule has 124 valence electrons. The third kappa shape index (κ3) is 3.36. The Balaban J connectivity index is 1.97. The molecule has 0 bridgehead atoms. The Morgan fingerprint density at radius 2 is 1.50 bits per heavy atom. The molecular weight excluding hydrogens is 296 g/mol. The van der Waals surface area contributed by atoms with E-state index in [0.29, 0.717) is 6.04 Å². The predicted molar refractivity (Wildman–Crippen MR) is 95.7 cm³/mol. The molecule has 0 N–H and O–H groups in total. The highest BCUT2D eigenvalue weighted by Gasteiger charge is 2.37. The molecule has 3 heteroatoms. The van der Waals surface area contributed by atoms with E-state index in [0.717, 1.165) is 43.9 Å². The predicted octanol–water partition coefficient (Wildman–Crippen LogP) is 3.61. The van der Waals surface area contributed by atoms with Crippen LogP contribution in [0, 0.1) is 11.3 Å². The van der Waals surface area contributed by atoms with Crippen molar-refractivity contribution in [1.29, 1.82) is 5.26 Å². The molecular formula is C21H24N2O. The summed E-state index contributed by atoms with van der Waals surface area (Å²) in [5, 5.41) is 10.2. The monoisotopic (exact) mass is 320 g/mol. The summed E-state index contributed by atoms with van der Waals surface area (Å²) in [5.74, 6) is 0. The van der Waals surface area contributed by atoms with E-state index in [9.17, 15) is 5.26 Å². The van der Waals surface area contributed by atoms with E-state index >= 15 is 0 Å². The number of rotatable bonds is 5. The van der Waals surface area contributed by atoms with Gasteiger partial charge in [-0.3, -0.25) is 4.90 Å². The quantitative estimate of drug-likeness (QED) is 0.844. The van der Waals surface area contributed by atoms with Crippen LogP contribution in [0.15, 0.2) is 60.7 Å². The maximum Gasteiger partial charge on any atom is 0.109 e. The van der Waals surface area contributed by atoms with E-state index in [1.54, 1.807) is 0 Å². The van der Waals surface area contributed by atoms with Crippen LogP contribution in [0.25, 0.3) is 0 Å². The molecule has 1 fully saturated rings. The van der Waals surface area contributed by atoms with E-state index in [1.165, 1.54) is 0 Å². The molecule has 0 amide bonds. The standard InChI is InChI=1S/C21H24N2O/c1-18(23-12-14-24-15-13-23)16-21(17-22,19-8-4-2-5-9-19)20-10-6-3-7-11-20/h2-11,18H,12-16H2,1H3/t18-/m1/s1. The molecule has 0 spiro atoms. The lowest BCUT2D eigenvalue weighted by Gasteiger charge is -2.37. The molecule has 0 radical (unpaired) electrons. The van der Waals surface area contributed by atoms with Crippen LogP contribution in [-0.2, 0) is 10.2 Å². The zero-order valence-corrected chi connectivity index (χ0v) is 14.2. The van der Waals surface area contributed by atoms with Gasteiger partial charge in [0.25, 0.3) is 0 Å². The van der Waals surface area contributed by atoms with Crippen LogP contribution in [0.3, 0.4) is 0 Å². The van der Waals surface area contributed by atoms with Gasteiger partial charge in [-0.2, -0.15) is 5.26 Å². The van der Waals surface area contributed by atoms with Gasteiger partial charge in [0.1, 0.15) is 5.41 Å². The van der Waals surface area contributed by atoms with Crippen LogP contribution in [-0.4, -0.2) is 37.2 Å². The van der Waals surface area contributed by atoms with Gasteiger partial charge in [0.2, 0.25) is 0 Å². The second kappa shape index (κ2) is 7.61. The normalized spacial score (nSPS) is 17.2. The lowest BCUT2D eigenvalue weighted by atomic mass is 9.71. The molecule has 3 nitrogen and oxygen atoms in total. The maximum atomic E-state index is 10.2. The largest absolute Gasteiger partial charge is 0.379 e. The SMILES string of the molecule is C[C@H](CC(C#N)(c1ccccc1)c1ccccc1)N1CCOCC1. The number of nitriles is 1. The van der Waals surface area contributed by atoms with Crippen molar-refractivity contribution in [2.24, 2.45) is 0 Å². The average Bonchev–Trinajstić information content (AvgIpc) is 2.68. The van der Waals surface area contributed by atoms with Crippen molar-refractivity contribution in [3.05, 3.63) is 71.8 Å². The van der Waals surface area contributed by atoms with Crippen LogP contribution < -0.4 is 0 Å². The third-order valence-corrected chi connectivity index (χ3v) is 4.99. The Labute approximate surface area is 144 Å². The van der Waals surface area contributed by atoms with E-state index in [2.05, 4.69) is 42.2 Å². The summed E-state index contributed by atoms with van der Waals surface area (Å²) in [4.78, 5) is 2.43. The zero-order chi connectivity index (χ0) is 16.8. The van der Waals surface area contributed by atoms with Gasteiger partial charge < -0.3 is 4.74 Å². The summed E-state index contributed by atoms with van der Waals surface area (Å²) in [5.41, 5.74) is 1.51. The Kier molecular flexibility index (Phi) is 5.30. The van der Waals surface area contributed by atoms with Crippen molar-refractivity contribution in [2.45, 2.75) is 24.8 Å². The molecule has 24 heavy (non-hydrogen) atoms. The second-order valence-corrected chi connectivity index (χ2v) is 6.45. The molecule has 2 aromatic carbocycles. The Hall–Kier alpha value is -2.15. The Bertz CT molecular complexity index is 632. The molecule has 0 saturated carbocycles. The summed E-state index contributed by atoms with van der Waals surface area (Å²) >= 11 is 0. The average molecular weight is 320 g/mol. The third-order valence-electron chi connectivity index (χ3n) is 4.99. The Morgan fingerprint density at radius 3 is 1.96 bits per heavy atom. The molecule has 1 aliphatic rings. The lowest BCUT2D eigenvalue weighted by molar-refractivity contribution is 0.0164. The van der Waals surface area contributed by atoms with E-state index in [1.807, 2.05) is 36.4 Å². The minimum atomic E-state index is -0.625. The molecule has 3 rings (SSSR count). The first-order valence-corrected chi connectivity index (χ1v) is 8.60. The number of nitrogens with zero attached hydrogens (tertiary/aromatic N) is 2. The maximum absolute atomic E-state index is 10.2. The zero-order valence-electron chi connectivity index (χ0n) is 14.2. The summed E-state index contributed by atoms with van der Waals surface area (Å²) in [6, 6.07) is 23.3. The van der Waals surface area contributed by atoms with Gasteiger partial charge in [0.05, 0.1) is 19.3 Å². The van der Waals surface area contributed by atoms with Crippen molar-refractivity contribution >= 4 is 0 Å². The van der Waals surface area contributed by atoms with Crippen LogP contribution in [0.1, 0.15) is 24.5 Å². The Morgan fingerprint density at radius 1 is 1.00 bits per heavy atom. The van der Waals surface area contributed by atoms with Gasteiger partial charge in [-0.05, 0) is 24.5 Å². The van der Waals surface area contributed by atoms with Gasteiger partial charge in [-0.15, -0.1) is 0 Å². The molecule has 0 unspecified atom stereocenters. The molecule has 1 atom stereocenters. The van der Waals surface area contributed by atoms with Gasteiger partial charge >= 0.3 is 0 Å². The minimum absolute atomic E-state index is 0.314. The van der Waals surface area contributed by atoms with Gasteiger partial charge in [-0.1, -0.05) is 60.7 Å². The second-order valence-electron chi connectivity index (χ2n) is 6.45. The first-order chi connectivity index (χ1) is 11.8. The van der Waals surface area contributed by atoms with Crippen LogP contribution in [0.4, 0.5) is 0 Å². The first-order valence-electron chi connectivity index (χ1n) is 8.60. The lowest BCUT2D eigenvalue weighted by Crippen LogP contribution is -2.45. The molecule has 1 saturated heterocycles. The van der Waals surface area contributed by atoms with Gasteiger partial charge in [0.15, 0.2) is 0 Å². The molecule has 0 aromatic heterocycles. The summed E-state index contributed by atoms with van der Waals surface area (Å²) in [6.07, 6.45) is 0.775. The van der Waals surface area contributed by atoms with Crippen molar-refractivity contribution in [2.75, 3.05) is 26.3 Å².